The Kier molecular flexibility index (Phi) is 4.39. The number of thiophene rings is 1. The topological polar surface area (TPSA) is 84.1 Å². The molecule has 0 aliphatic heterocycles. The van der Waals surface area contributed by atoms with Crippen LogP contribution in [0, 0.1) is 0 Å². The molecule has 7 heteroatoms. The molecule has 2 aromatic rings. The third kappa shape index (κ3) is 2.92. The van der Waals surface area contributed by atoms with Crippen molar-refractivity contribution in [1.82, 2.24) is 9.97 Å². The number of nitrogen functional groups attached to an aromatic ring is 1. The van der Waals surface area contributed by atoms with Gasteiger partial charge in [-0.3, -0.25) is 0 Å². The lowest BCUT2D eigenvalue weighted by molar-refractivity contribution is 0.196. The number of anilines is 1. The summed E-state index contributed by atoms with van der Waals surface area (Å²) >= 11 is 3.20. The molecule has 2 aromatic heterocycles. The van der Waals surface area contributed by atoms with E-state index in [4.69, 9.17) is 5.84 Å². The normalized spacial score (nSPS) is 14.7. The molecular formula is C11H16N4OS2. The van der Waals surface area contributed by atoms with Gasteiger partial charge in [0.15, 0.2) is 5.82 Å². The van der Waals surface area contributed by atoms with Crippen molar-refractivity contribution >= 4 is 39.1 Å². The molecule has 2 unspecified atom stereocenters. The second-order valence-electron chi connectivity index (χ2n) is 4.03. The summed E-state index contributed by atoms with van der Waals surface area (Å²) in [5, 5.41) is 12.5. The highest BCUT2D eigenvalue weighted by molar-refractivity contribution is 7.99. The lowest BCUT2D eigenvalue weighted by atomic mass is 10.3. The minimum atomic E-state index is -0.340. The fourth-order valence-electron chi connectivity index (χ4n) is 1.42. The van der Waals surface area contributed by atoms with Crippen LogP contribution in [-0.4, -0.2) is 26.4 Å². The summed E-state index contributed by atoms with van der Waals surface area (Å²) in [7, 11) is 0. The lowest BCUT2D eigenvalue weighted by Crippen LogP contribution is -2.16. The highest BCUT2D eigenvalue weighted by Crippen LogP contribution is 2.26. The monoisotopic (exact) mass is 284 g/mol. The van der Waals surface area contributed by atoms with Crippen LogP contribution in [0.1, 0.15) is 19.7 Å². The van der Waals surface area contributed by atoms with E-state index in [0.717, 1.165) is 16.0 Å². The number of fused-ring (bicyclic) bond motifs is 1. The van der Waals surface area contributed by atoms with E-state index in [1.54, 1.807) is 30.0 Å². The maximum absolute atomic E-state index is 9.45. The standard InChI is InChI=1S/C11H16N4OS2/c1-6(16)7(2)18-5-9-13-10(15-12)8-3-4-17-11(8)14-9/h3-4,6-7,16H,5,12H2,1-2H3,(H,13,14,15). The van der Waals surface area contributed by atoms with E-state index in [1.165, 1.54) is 0 Å². The second kappa shape index (κ2) is 5.83. The van der Waals surface area contributed by atoms with E-state index < -0.39 is 0 Å². The SMILES string of the molecule is CC(O)C(C)SCc1nc(NN)c2ccsc2n1. The Bertz CT molecular complexity index is 529. The highest BCUT2D eigenvalue weighted by Gasteiger charge is 2.12. The number of aliphatic hydroxyl groups is 1. The number of thioether (sulfide) groups is 1. The minimum Gasteiger partial charge on any atom is -0.392 e. The maximum Gasteiger partial charge on any atom is 0.152 e. The molecule has 0 saturated carbocycles. The third-order valence-corrected chi connectivity index (χ3v) is 4.81. The molecule has 2 rings (SSSR count). The van der Waals surface area contributed by atoms with Gasteiger partial charge in [0.2, 0.25) is 0 Å². The molecule has 2 heterocycles. The van der Waals surface area contributed by atoms with Gasteiger partial charge in [-0.05, 0) is 18.4 Å². The smallest absolute Gasteiger partial charge is 0.152 e. The quantitative estimate of drug-likeness (QED) is 0.575. The molecule has 0 aromatic carbocycles. The average molecular weight is 284 g/mol. The van der Waals surface area contributed by atoms with Crippen molar-refractivity contribution in [3.8, 4) is 0 Å². The van der Waals surface area contributed by atoms with Crippen LogP contribution < -0.4 is 11.3 Å². The van der Waals surface area contributed by atoms with Gasteiger partial charge in [-0.2, -0.15) is 0 Å². The van der Waals surface area contributed by atoms with Crippen molar-refractivity contribution in [1.29, 1.82) is 0 Å². The lowest BCUT2D eigenvalue weighted by Gasteiger charge is -2.13. The summed E-state index contributed by atoms with van der Waals surface area (Å²) in [6.07, 6.45) is -0.340. The van der Waals surface area contributed by atoms with Crippen LogP contribution in [0.4, 0.5) is 5.82 Å². The summed E-state index contributed by atoms with van der Waals surface area (Å²) in [5.41, 5.74) is 2.60. The van der Waals surface area contributed by atoms with Gasteiger partial charge in [0.1, 0.15) is 10.7 Å². The van der Waals surface area contributed by atoms with Crippen molar-refractivity contribution in [2.24, 2.45) is 5.84 Å². The van der Waals surface area contributed by atoms with Gasteiger partial charge < -0.3 is 10.5 Å². The van der Waals surface area contributed by atoms with Crippen LogP contribution in [0.25, 0.3) is 10.2 Å². The molecule has 0 amide bonds. The molecule has 0 aliphatic rings. The van der Waals surface area contributed by atoms with Crippen LogP contribution >= 0.6 is 23.1 Å². The summed E-state index contributed by atoms with van der Waals surface area (Å²) < 4.78 is 0. The van der Waals surface area contributed by atoms with Gasteiger partial charge in [0.05, 0.1) is 17.2 Å². The number of rotatable bonds is 5. The molecule has 0 aliphatic carbocycles. The summed E-state index contributed by atoms with van der Waals surface area (Å²) in [6, 6.07) is 1.95. The van der Waals surface area contributed by atoms with Crippen molar-refractivity contribution in [2.45, 2.75) is 31.0 Å². The van der Waals surface area contributed by atoms with E-state index in [0.29, 0.717) is 11.6 Å². The van der Waals surface area contributed by atoms with Crippen molar-refractivity contribution in [2.75, 3.05) is 5.43 Å². The molecule has 0 saturated heterocycles. The van der Waals surface area contributed by atoms with Gasteiger partial charge in [-0.25, -0.2) is 15.8 Å². The Morgan fingerprint density at radius 3 is 2.94 bits per heavy atom. The number of hydrogen-bond donors (Lipinski definition) is 3. The molecule has 98 valence electrons. The van der Waals surface area contributed by atoms with Crippen LogP contribution in [0.2, 0.25) is 0 Å². The number of nitrogens with two attached hydrogens (primary N) is 1. The van der Waals surface area contributed by atoms with E-state index in [9.17, 15) is 5.11 Å². The number of hydrazine groups is 1. The molecule has 0 spiro atoms. The van der Waals surface area contributed by atoms with Crippen molar-refractivity contribution in [3.05, 3.63) is 17.3 Å². The van der Waals surface area contributed by atoms with Gasteiger partial charge in [0, 0.05) is 5.25 Å². The number of nitrogens with one attached hydrogen (secondary N) is 1. The second-order valence-corrected chi connectivity index (χ2v) is 6.29. The zero-order chi connectivity index (χ0) is 13.1. The largest absolute Gasteiger partial charge is 0.392 e. The first-order chi connectivity index (χ1) is 8.61. The van der Waals surface area contributed by atoms with Crippen LogP contribution in [0.3, 0.4) is 0 Å². The number of aliphatic hydroxyl groups excluding tert-OH is 1. The van der Waals surface area contributed by atoms with Gasteiger partial charge in [-0.1, -0.05) is 6.92 Å². The predicted octanol–water partition coefficient (Wildman–Crippen LogP) is 1.98. The Hall–Kier alpha value is -0.890. The van der Waals surface area contributed by atoms with Gasteiger partial charge >= 0.3 is 0 Å². The molecule has 0 radical (unpaired) electrons. The van der Waals surface area contributed by atoms with E-state index in [-0.39, 0.29) is 11.4 Å². The van der Waals surface area contributed by atoms with E-state index in [2.05, 4.69) is 15.4 Å². The molecule has 0 fully saturated rings. The Morgan fingerprint density at radius 2 is 2.28 bits per heavy atom. The van der Waals surface area contributed by atoms with Gasteiger partial charge in [0.25, 0.3) is 0 Å². The Balaban J connectivity index is 2.18. The first kappa shape index (κ1) is 13.5. The minimum absolute atomic E-state index is 0.155. The zero-order valence-electron chi connectivity index (χ0n) is 10.3. The third-order valence-electron chi connectivity index (χ3n) is 2.66. The fourth-order valence-corrected chi connectivity index (χ4v) is 3.02. The van der Waals surface area contributed by atoms with Crippen molar-refractivity contribution in [3.63, 3.8) is 0 Å². The Morgan fingerprint density at radius 1 is 1.50 bits per heavy atom. The van der Waals surface area contributed by atoms with Crippen molar-refractivity contribution < 1.29 is 5.11 Å². The molecule has 4 N–H and O–H groups in total. The van der Waals surface area contributed by atoms with E-state index in [1.807, 2.05) is 18.4 Å². The van der Waals surface area contributed by atoms with Crippen LogP contribution in [0.15, 0.2) is 11.4 Å². The first-order valence-electron chi connectivity index (χ1n) is 5.62. The van der Waals surface area contributed by atoms with Gasteiger partial charge in [-0.15, -0.1) is 23.1 Å². The maximum atomic E-state index is 9.45. The summed E-state index contributed by atoms with van der Waals surface area (Å²) in [5.74, 6) is 7.51. The summed E-state index contributed by atoms with van der Waals surface area (Å²) in [4.78, 5) is 9.79. The Labute approximate surface area is 114 Å². The fraction of sp³-hybridized carbons (Fsp3) is 0.455. The molecule has 18 heavy (non-hydrogen) atoms. The number of hydrogen-bond acceptors (Lipinski definition) is 7. The summed E-state index contributed by atoms with van der Waals surface area (Å²) in [6.45, 7) is 3.77. The zero-order valence-corrected chi connectivity index (χ0v) is 11.9. The molecule has 2 atom stereocenters. The first-order valence-corrected chi connectivity index (χ1v) is 7.55. The molecular weight excluding hydrogens is 268 g/mol. The number of aromatic nitrogens is 2. The molecule has 5 nitrogen and oxygen atoms in total. The predicted molar refractivity (Wildman–Crippen MR) is 77.7 cm³/mol. The van der Waals surface area contributed by atoms with Crippen LogP contribution in [-0.2, 0) is 5.75 Å². The van der Waals surface area contributed by atoms with Crippen LogP contribution in [0.5, 0.6) is 0 Å². The molecule has 0 bridgehead atoms. The van der Waals surface area contributed by atoms with E-state index >= 15 is 0 Å². The number of nitrogens with zero attached hydrogens (tertiary/aromatic N) is 2. The average Bonchev–Trinajstić information content (AvgIpc) is 2.82. The highest BCUT2D eigenvalue weighted by atomic mass is 32.2.